The van der Waals surface area contributed by atoms with Crippen molar-refractivity contribution in [3.05, 3.63) is 28.0 Å². The van der Waals surface area contributed by atoms with Crippen LogP contribution in [0.4, 0.5) is 0 Å². The molecule has 1 rings (SSSR count). The highest BCUT2D eigenvalue weighted by atomic mass is 35.5. The minimum atomic E-state index is -0.290. The molecule has 0 aromatic carbocycles. The van der Waals surface area contributed by atoms with Gasteiger partial charge in [-0.1, -0.05) is 29.3 Å². The normalized spacial score (nSPS) is 12.9. The molecule has 0 aliphatic rings. The van der Waals surface area contributed by atoms with Crippen LogP contribution < -0.4 is 5.73 Å². The third-order valence-electron chi connectivity index (χ3n) is 1.68. The van der Waals surface area contributed by atoms with Crippen LogP contribution in [0.3, 0.4) is 0 Å². The standard InChI is InChI=1S/C8H10Cl2N2O/c9-7-2-1-5(8(10)12-7)6(11)3-4-13/h1-2,6,13H,3-4,11H2. The molecule has 0 aliphatic carbocycles. The first kappa shape index (κ1) is 10.7. The van der Waals surface area contributed by atoms with Crippen molar-refractivity contribution in [2.75, 3.05) is 6.61 Å². The van der Waals surface area contributed by atoms with Crippen molar-refractivity contribution >= 4 is 23.2 Å². The van der Waals surface area contributed by atoms with E-state index in [1.54, 1.807) is 12.1 Å². The first-order valence-corrected chi connectivity index (χ1v) is 4.59. The number of nitrogens with zero attached hydrogens (tertiary/aromatic N) is 1. The summed E-state index contributed by atoms with van der Waals surface area (Å²) in [4.78, 5) is 3.85. The van der Waals surface area contributed by atoms with Gasteiger partial charge in [0.2, 0.25) is 0 Å². The Morgan fingerprint density at radius 2 is 2.15 bits per heavy atom. The van der Waals surface area contributed by atoms with E-state index in [9.17, 15) is 0 Å². The van der Waals surface area contributed by atoms with Crippen LogP contribution in [0.5, 0.6) is 0 Å². The highest BCUT2D eigenvalue weighted by Crippen LogP contribution is 2.23. The molecule has 0 amide bonds. The van der Waals surface area contributed by atoms with Gasteiger partial charge in [0.15, 0.2) is 0 Å². The number of pyridine rings is 1. The van der Waals surface area contributed by atoms with Gasteiger partial charge in [-0.15, -0.1) is 0 Å². The summed E-state index contributed by atoms with van der Waals surface area (Å²) in [6.45, 7) is 0.0279. The van der Waals surface area contributed by atoms with E-state index in [0.717, 1.165) is 0 Å². The van der Waals surface area contributed by atoms with Crippen molar-refractivity contribution in [3.63, 3.8) is 0 Å². The van der Waals surface area contributed by atoms with Crippen LogP contribution in [0.25, 0.3) is 0 Å². The van der Waals surface area contributed by atoms with Gasteiger partial charge in [0, 0.05) is 18.2 Å². The van der Waals surface area contributed by atoms with Gasteiger partial charge in [-0.05, 0) is 12.5 Å². The van der Waals surface area contributed by atoms with Gasteiger partial charge in [-0.2, -0.15) is 0 Å². The molecule has 5 heteroatoms. The van der Waals surface area contributed by atoms with E-state index in [4.69, 9.17) is 34.0 Å². The highest BCUT2D eigenvalue weighted by molar-refractivity contribution is 6.32. The van der Waals surface area contributed by atoms with Gasteiger partial charge >= 0.3 is 0 Å². The summed E-state index contributed by atoms with van der Waals surface area (Å²) in [5.41, 5.74) is 6.44. The lowest BCUT2D eigenvalue weighted by molar-refractivity contribution is 0.276. The molecule has 72 valence electrons. The van der Waals surface area contributed by atoms with E-state index in [1.165, 1.54) is 0 Å². The number of nitrogens with two attached hydrogens (primary N) is 1. The molecular formula is C8H10Cl2N2O. The second-order valence-electron chi connectivity index (χ2n) is 2.63. The number of aliphatic hydroxyl groups excluding tert-OH is 1. The molecule has 1 aromatic rings. The summed E-state index contributed by atoms with van der Waals surface area (Å²) in [6, 6.07) is 3.06. The Balaban J connectivity index is 2.88. The zero-order valence-electron chi connectivity index (χ0n) is 6.87. The summed E-state index contributed by atoms with van der Waals surface area (Å²) in [5, 5.41) is 9.31. The Labute approximate surface area is 86.5 Å². The maximum Gasteiger partial charge on any atom is 0.135 e. The first-order valence-electron chi connectivity index (χ1n) is 3.83. The molecule has 0 radical (unpaired) electrons. The number of hydrogen-bond donors (Lipinski definition) is 2. The minimum absolute atomic E-state index is 0.0279. The monoisotopic (exact) mass is 220 g/mol. The van der Waals surface area contributed by atoms with Gasteiger partial charge in [0.1, 0.15) is 10.3 Å². The predicted octanol–water partition coefficient (Wildman–Crippen LogP) is 1.77. The Kier molecular flexibility index (Phi) is 3.93. The number of hydrogen-bond acceptors (Lipinski definition) is 3. The van der Waals surface area contributed by atoms with Crippen LogP contribution in [-0.2, 0) is 0 Å². The van der Waals surface area contributed by atoms with Crippen molar-refractivity contribution in [1.82, 2.24) is 4.98 Å². The van der Waals surface area contributed by atoms with Crippen molar-refractivity contribution in [3.8, 4) is 0 Å². The summed E-state index contributed by atoms with van der Waals surface area (Å²) in [5.74, 6) is 0. The van der Waals surface area contributed by atoms with Gasteiger partial charge in [-0.3, -0.25) is 0 Å². The van der Waals surface area contributed by atoms with E-state index >= 15 is 0 Å². The fraction of sp³-hybridized carbons (Fsp3) is 0.375. The number of aliphatic hydroxyl groups is 1. The van der Waals surface area contributed by atoms with Crippen LogP contribution >= 0.6 is 23.2 Å². The second-order valence-corrected chi connectivity index (χ2v) is 3.38. The van der Waals surface area contributed by atoms with Crippen LogP contribution in [-0.4, -0.2) is 16.7 Å². The Hall–Kier alpha value is -0.350. The van der Waals surface area contributed by atoms with E-state index in [1.807, 2.05) is 0 Å². The van der Waals surface area contributed by atoms with E-state index in [0.29, 0.717) is 22.3 Å². The molecule has 0 saturated heterocycles. The molecule has 0 saturated carbocycles. The molecule has 0 bridgehead atoms. The van der Waals surface area contributed by atoms with Gasteiger partial charge < -0.3 is 10.8 Å². The zero-order chi connectivity index (χ0) is 9.84. The largest absolute Gasteiger partial charge is 0.396 e. The molecule has 0 aliphatic heterocycles. The summed E-state index contributed by atoms with van der Waals surface area (Å²) in [7, 11) is 0. The van der Waals surface area contributed by atoms with Gasteiger partial charge in [-0.25, -0.2) is 4.98 Å². The van der Waals surface area contributed by atoms with Crippen molar-refractivity contribution in [2.45, 2.75) is 12.5 Å². The summed E-state index contributed by atoms with van der Waals surface area (Å²) >= 11 is 11.4. The fourth-order valence-corrected chi connectivity index (χ4v) is 1.48. The quantitative estimate of drug-likeness (QED) is 0.764. The molecule has 3 N–H and O–H groups in total. The van der Waals surface area contributed by atoms with Gasteiger partial charge in [0.05, 0.1) is 0 Å². The van der Waals surface area contributed by atoms with E-state index < -0.39 is 0 Å². The molecular weight excluding hydrogens is 211 g/mol. The van der Waals surface area contributed by atoms with E-state index in [-0.39, 0.29) is 12.6 Å². The van der Waals surface area contributed by atoms with Crippen molar-refractivity contribution in [1.29, 1.82) is 0 Å². The average molecular weight is 221 g/mol. The molecule has 3 nitrogen and oxygen atoms in total. The Morgan fingerprint density at radius 1 is 1.46 bits per heavy atom. The Bertz CT molecular complexity index is 293. The SMILES string of the molecule is NC(CCO)c1ccc(Cl)nc1Cl. The smallest absolute Gasteiger partial charge is 0.135 e. The molecule has 13 heavy (non-hydrogen) atoms. The molecule has 1 unspecified atom stereocenters. The van der Waals surface area contributed by atoms with E-state index in [2.05, 4.69) is 4.98 Å². The molecule has 1 atom stereocenters. The van der Waals surface area contributed by atoms with Crippen LogP contribution in [0.15, 0.2) is 12.1 Å². The number of halogens is 2. The maximum atomic E-state index is 8.67. The maximum absolute atomic E-state index is 8.67. The molecule has 0 spiro atoms. The topological polar surface area (TPSA) is 59.1 Å². The minimum Gasteiger partial charge on any atom is -0.396 e. The first-order chi connectivity index (χ1) is 6.15. The predicted molar refractivity (Wildman–Crippen MR) is 52.9 cm³/mol. The number of rotatable bonds is 3. The Morgan fingerprint density at radius 3 is 2.69 bits per heavy atom. The average Bonchev–Trinajstić information content (AvgIpc) is 2.04. The lowest BCUT2D eigenvalue weighted by Gasteiger charge is -2.11. The number of aromatic nitrogens is 1. The third kappa shape index (κ3) is 2.81. The lowest BCUT2D eigenvalue weighted by Crippen LogP contribution is -2.12. The van der Waals surface area contributed by atoms with Gasteiger partial charge in [0.25, 0.3) is 0 Å². The van der Waals surface area contributed by atoms with Crippen LogP contribution in [0.1, 0.15) is 18.0 Å². The third-order valence-corrected chi connectivity index (χ3v) is 2.20. The highest BCUT2D eigenvalue weighted by Gasteiger charge is 2.10. The zero-order valence-corrected chi connectivity index (χ0v) is 8.39. The summed E-state index contributed by atoms with van der Waals surface area (Å²) < 4.78 is 0. The van der Waals surface area contributed by atoms with Crippen molar-refractivity contribution in [2.24, 2.45) is 5.73 Å². The van der Waals surface area contributed by atoms with Crippen LogP contribution in [0.2, 0.25) is 10.3 Å². The molecule has 1 heterocycles. The molecule has 0 fully saturated rings. The lowest BCUT2D eigenvalue weighted by atomic mass is 10.1. The fourth-order valence-electron chi connectivity index (χ4n) is 0.994. The summed E-state index contributed by atoms with van der Waals surface area (Å²) in [6.07, 6.45) is 0.461. The second kappa shape index (κ2) is 4.77. The van der Waals surface area contributed by atoms with Crippen molar-refractivity contribution < 1.29 is 5.11 Å². The van der Waals surface area contributed by atoms with Crippen LogP contribution in [0, 0.1) is 0 Å². The molecule has 1 aromatic heterocycles.